The van der Waals surface area contributed by atoms with Crippen molar-refractivity contribution in [1.29, 1.82) is 0 Å². The van der Waals surface area contributed by atoms with E-state index in [-0.39, 0.29) is 24.8 Å². The van der Waals surface area contributed by atoms with E-state index < -0.39 is 16.7 Å². The minimum Gasteiger partial charge on any atom is -0.355 e. The summed E-state index contributed by atoms with van der Waals surface area (Å²) >= 11 is -0.368. The van der Waals surface area contributed by atoms with Gasteiger partial charge in [0.15, 0.2) is 11.2 Å². The molecule has 6 heteroatoms. The Bertz CT molecular complexity index is 477. The third-order valence-electron chi connectivity index (χ3n) is 3.77. The number of hydrogen-bond acceptors (Lipinski definition) is 3. The normalized spacial score (nSPS) is 13.0. The van der Waals surface area contributed by atoms with Crippen LogP contribution < -0.4 is 0 Å². The zero-order chi connectivity index (χ0) is 18.5. The van der Waals surface area contributed by atoms with Crippen LogP contribution >= 0.6 is 11.8 Å². The fourth-order valence-corrected chi connectivity index (χ4v) is 3.06. The number of carbonyl (C=O) groups is 1. The molecule has 0 radical (unpaired) electrons. The lowest BCUT2D eigenvalue weighted by atomic mass is 10.1. The fraction of sp³-hybridized carbons (Fsp3) is 0.632. The van der Waals surface area contributed by atoms with Crippen molar-refractivity contribution in [3.63, 3.8) is 0 Å². The van der Waals surface area contributed by atoms with Crippen molar-refractivity contribution in [1.82, 2.24) is 0 Å². The van der Waals surface area contributed by atoms with Gasteiger partial charge >= 0.3 is 5.51 Å². The molecule has 0 aromatic heterocycles. The fourth-order valence-electron chi connectivity index (χ4n) is 2.43. The van der Waals surface area contributed by atoms with Crippen LogP contribution in [0.15, 0.2) is 30.3 Å². The quantitative estimate of drug-likeness (QED) is 0.291. The number of ketones is 1. The molecule has 1 aromatic rings. The Balaban J connectivity index is 2.39. The second kappa shape index (κ2) is 12.4. The molecule has 0 aliphatic rings. The number of unbranched alkanes of at least 4 members (excludes halogenated alkanes) is 6. The number of hydrogen-bond donors (Lipinski definition) is 0. The number of halogens is 3. The minimum absolute atomic E-state index is 0.00263. The summed E-state index contributed by atoms with van der Waals surface area (Å²) in [6, 6.07) is 8.90. The highest BCUT2D eigenvalue weighted by molar-refractivity contribution is 8.01. The van der Waals surface area contributed by atoms with Gasteiger partial charge in [0.2, 0.25) is 0 Å². The van der Waals surface area contributed by atoms with Gasteiger partial charge in [-0.25, -0.2) is 0 Å². The molecule has 1 atom stereocenters. The number of alkyl halides is 3. The van der Waals surface area contributed by atoms with Gasteiger partial charge < -0.3 is 4.74 Å². The maximum atomic E-state index is 12.7. The Morgan fingerprint density at radius 3 is 2.24 bits per heavy atom. The van der Waals surface area contributed by atoms with Gasteiger partial charge in [0.05, 0.1) is 6.61 Å². The lowest BCUT2D eigenvalue weighted by molar-refractivity contribution is -0.127. The van der Waals surface area contributed by atoms with Gasteiger partial charge in [-0.1, -0.05) is 75.8 Å². The van der Waals surface area contributed by atoms with E-state index in [1.807, 2.05) is 6.07 Å². The highest BCUT2D eigenvalue weighted by Crippen LogP contribution is 2.35. The van der Waals surface area contributed by atoms with Gasteiger partial charge in [0.1, 0.15) is 0 Å². The van der Waals surface area contributed by atoms with Crippen molar-refractivity contribution in [2.75, 3.05) is 0 Å². The maximum absolute atomic E-state index is 12.7. The third-order valence-corrected chi connectivity index (χ3v) is 4.65. The molecule has 0 amide bonds. The van der Waals surface area contributed by atoms with Crippen LogP contribution in [-0.4, -0.2) is 16.7 Å². The summed E-state index contributed by atoms with van der Waals surface area (Å²) in [7, 11) is 0. The number of carbonyl (C=O) groups excluding carboxylic acids is 1. The monoisotopic (exact) mass is 376 g/mol. The summed E-state index contributed by atoms with van der Waals surface area (Å²) < 4.78 is 43.3. The molecule has 0 bridgehead atoms. The molecule has 25 heavy (non-hydrogen) atoms. The van der Waals surface area contributed by atoms with E-state index in [0.717, 1.165) is 24.8 Å². The van der Waals surface area contributed by atoms with Crippen LogP contribution in [0.4, 0.5) is 13.2 Å². The van der Waals surface area contributed by atoms with E-state index in [2.05, 4.69) is 6.92 Å². The Kier molecular flexibility index (Phi) is 10.9. The van der Waals surface area contributed by atoms with Crippen LogP contribution in [0.3, 0.4) is 0 Å². The standard InChI is InChI=1S/C19H27F3O2S/c1-2-3-4-5-6-7-11-14-17(23)18(25-19(20,21)22)24-15-16-12-9-8-10-13-16/h8-10,12-13,18H,2-7,11,14-15H2,1H3. The largest absolute Gasteiger partial charge is 0.444 e. The molecule has 0 heterocycles. The molecule has 0 saturated heterocycles. The molecule has 1 aromatic carbocycles. The summed E-state index contributed by atoms with van der Waals surface area (Å²) in [5, 5.41) is 0. The number of rotatable bonds is 13. The van der Waals surface area contributed by atoms with Crippen molar-refractivity contribution < 1.29 is 22.7 Å². The van der Waals surface area contributed by atoms with Crippen LogP contribution in [0, 0.1) is 0 Å². The van der Waals surface area contributed by atoms with Gasteiger partial charge in [0.25, 0.3) is 0 Å². The SMILES string of the molecule is CCCCCCCCCC(=O)C(OCc1ccccc1)SC(F)(F)F. The van der Waals surface area contributed by atoms with Gasteiger partial charge in [-0.05, 0) is 23.7 Å². The van der Waals surface area contributed by atoms with Crippen LogP contribution in [-0.2, 0) is 16.1 Å². The van der Waals surface area contributed by atoms with Crippen molar-refractivity contribution >= 4 is 17.5 Å². The van der Waals surface area contributed by atoms with Gasteiger partial charge in [0, 0.05) is 6.42 Å². The predicted molar refractivity (Wildman–Crippen MR) is 96.3 cm³/mol. The molecule has 2 nitrogen and oxygen atoms in total. The summed E-state index contributed by atoms with van der Waals surface area (Å²) in [6.45, 7) is 2.14. The summed E-state index contributed by atoms with van der Waals surface area (Å²) in [4.78, 5) is 12.1. The van der Waals surface area contributed by atoms with Gasteiger partial charge in [-0.2, -0.15) is 13.2 Å². The van der Waals surface area contributed by atoms with Crippen molar-refractivity contribution in [2.24, 2.45) is 0 Å². The van der Waals surface area contributed by atoms with Crippen molar-refractivity contribution in [2.45, 2.75) is 75.8 Å². The van der Waals surface area contributed by atoms with Crippen LogP contribution in [0.2, 0.25) is 0 Å². The molecular formula is C19H27F3O2S. The van der Waals surface area contributed by atoms with E-state index in [4.69, 9.17) is 4.74 Å². The summed E-state index contributed by atoms with van der Waals surface area (Å²) in [5.41, 5.74) is -5.23. The van der Waals surface area contributed by atoms with Crippen molar-refractivity contribution in [3.05, 3.63) is 35.9 Å². The molecule has 0 N–H and O–H groups in total. The molecule has 0 spiro atoms. The molecule has 0 fully saturated rings. The third kappa shape index (κ3) is 11.3. The molecule has 0 aliphatic carbocycles. The number of benzene rings is 1. The van der Waals surface area contributed by atoms with Crippen molar-refractivity contribution in [3.8, 4) is 0 Å². The highest BCUT2D eigenvalue weighted by Gasteiger charge is 2.36. The molecule has 1 unspecified atom stereocenters. The zero-order valence-electron chi connectivity index (χ0n) is 14.7. The molecule has 1 rings (SSSR count). The second-order valence-corrected chi connectivity index (χ2v) is 7.16. The Labute approximate surface area is 152 Å². The van der Waals surface area contributed by atoms with E-state index in [1.165, 1.54) is 19.3 Å². The van der Waals surface area contributed by atoms with Crippen LogP contribution in [0.25, 0.3) is 0 Å². The Morgan fingerprint density at radius 1 is 1.04 bits per heavy atom. The van der Waals surface area contributed by atoms with E-state index >= 15 is 0 Å². The minimum atomic E-state index is -4.49. The average Bonchev–Trinajstić information content (AvgIpc) is 2.57. The Morgan fingerprint density at radius 2 is 1.64 bits per heavy atom. The number of Topliss-reactive ketones (excluding diaryl/α,β-unsaturated/α-hetero) is 1. The zero-order valence-corrected chi connectivity index (χ0v) is 15.5. The lowest BCUT2D eigenvalue weighted by Crippen LogP contribution is -2.24. The first-order chi connectivity index (χ1) is 11.9. The van der Waals surface area contributed by atoms with Gasteiger partial charge in [-0.3, -0.25) is 4.79 Å². The molecule has 0 saturated carbocycles. The topological polar surface area (TPSA) is 26.3 Å². The van der Waals surface area contributed by atoms with Gasteiger partial charge in [-0.15, -0.1) is 0 Å². The molecular weight excluding hydrogens is 349 g/mol. The first-order valence-corrected chi connectivity index (χ1v) is 9.73. The summed E-state index contributed by atoms with van der Waals surface area (Å²) in [6.07, 6.45) is 7.33. The molecule has 142 valence electrons. The molecule has 0 aliphatic heterocycles. The van der Waals surface area contributed by atoms with E-state index in [9.17, 15) is 18.0 Å². The van der Waals surface area contributed by atoms with Crippen LogP contribution in [0.5, 0.6) is 0 Å². The van der Waals surface area contributed by atoms with E-state index in [1.54, 1.807) is 24.3 Å². The lowest BCUT2D eigenvalue weighted by Gasteiger charge is -2.18. The van der Waals surface area contributed by atoms with E-state index in [0.29, 0.717) is 6.42 Å². The predicted octanol–water partition coefficient (Wildman–Crippen LogP) is 6.49. The highest BCUT2D eigenvalue weighted by atomic mass is 32.2. The first-order valence-electron chi connectivity index (χ1n) is 8.85. The number of ether oxygens (including phenoxy) is 1. The smallest absolute Gasteiger partial charge is 0.355 e. The average molecular weight is 376 g/mol. The van der Waals surface area contributed by atoms with Crippen LogP contribution in [0.1, 0.15) is 63.9 Å². The first kappa shape index (κ1) is 22.0. The summed E-state index contributed by atoms with van der Waals surface area (Å²) in [5.74, 6) is -0.480. The second-order valence-electron chi connectivity index (χ2n) is 6.03. The number of thioether (sulfide) groups is 1. The maximum Gasteiger partial charge on any atom is 0.444 e. The Hall–Kier alpha value is -1.01.